The Balaban J connectivity index is 2.22. The molecule has 0 spiro atoms. The minimum atomic E-state index is 0.581. The molecule has 0 bridgehead atoms. The number of aryl methyl sites for hydroxylation is 2. The molecule has 1 aromatic carbocycles. The summed E-state index contributed by atoms with van der Waals surface area (Å²) in [5.41, 5.74) is 1.17. The number of benzene rings is 1. The van der Waals surface area contributed by atoms with Gasteiger partial charge in [0.2, 0.25) is 5.88 Å². The van der Waals surface area contributed by atoms with Gasteiger partial charge >= 0.3 is 0 Å². The normalized spacial score (nSPS) is 10.3. The first-order valence-corrected chi connectivity index (χ1v) is 7.08. The number of aromatic nitrogens is 2. The van der Waals surface area contributed by atoms with Crippen molar-refractivity contribution in [2.24, 2.45) is 0 Å². The van der Waals surface area contributed by atoms with Gasteiger partial charge in [-0.15, -0.1) is 0 Å². The topological polar surface area (TPSA) is 47.0 Å². The van der Waals surface area contributed by atoms with Crippen molar-refractivity contribution in [3.05, 3.63) is 41.7 Å². The molecule has 4 nitrogen and oxygen atoms in total. The van der Waals surface area contributed by atoms with Crippen LogP contribution >= 0.6 is 0 Å². The molecule has 0 unspecified atom stereocenters. The fourth-order valence-electron chi connectivity index (χ4n) is 1.94. The summed E-state index contributed by atoms with van der Waals surface area (Å²) in [5, 5.41) is 3.26. The molecule has 106 valence electrons. The van der Waals surface area contributed by atoms with Crippen molar-refractivity contribution in [3.8, 4) is 11.6 Å². The van der Waals surface area contributed by atoms with Crippen molar-refractivity contribution >= 4 is 5.82 Å². The average Bonchev–Trinajstić information content (AvgIpc) is 2.45. The highest BCUT2D eigenvalue weighted by Gasteiger charge is 2.06. The first-order chi connectivity index (χ1) is 9.72. The number of nitrogens with zero attached hydrogens (tertiary/aromatic N) is 2. The smallest absolute Gasteiger partial charge is 0.224 e. The molecule has 1 heterocycles. The minimum Gasteiger partial charge on any atom is -0.439 e. The van der Waals surface area contributed by atoms with Crippen LogP contribution in [0.5, 0.6) is 11.6 Å². The summed E-state index contributed by atoms with van der Waals surface area (Å²) in [4.78, 5) is 8.69. The summed E-state index contributed by atoms with van der Waals surface area (Å²) in [5.74, 6) is 2.95. The van der Waals surface area contributed by atoms with E-state index in [1.165, 1.54) is 5.56 Å². The highest BCUT2D eigenvalue weighted by molar-refractivity contribution is 5.41. The van der Waals surface area contributed by atoms with E-state index >= 15 is 0 Å². The van der Waals surface area contributed by atoms with Crippen LogP contribution in [0.3, 0.4) is 0 Å². The monoisotopic (exact) mass is 271 g/mol. The van der Waals surface area contributed by atoms with E-state index in [1.807, 2.05) is 31.2 Å². The lowest BCUT2D eigenvalue weighted by Crippen LogP contribution is -2.04. The number of anilines is 1. The second-order valence-electron chi connectivity index (χ2n) is 4.63. The lowest BCUT2D eigenvalue weighted by atomic mass is 10.1. The highest BCUT2D eigenvalue weighted by Crippen LogP contribution is 2.25. The number of ether oxygens (including phenoxy) is 1. The summed E-state index contributed by atoms with van der Waals surface area (Å²) >= 11 is 0. The Morgan fingerprint density at radius 1 is 1.15 bits per heavy atom. The molecular formula is C16H21N3O. The molecule has 20 heavy (non-hydrogen) atoms. The molecule has 0 atom stereocenters. The second-order valence-corrected chi connectivity index (χ2v) is 4.63. The minimum absolute atomic E-state index is 0.581. The summed E-state index contributed by atoms with van der Waals surface area (Å²) in [6.45, 7) is 6.99. The van der Waals surface area contributed by atoms with Crippen LogP contribution in [0.1, 0.15) is 31.7 Å². The molecule has 0 fully saturated rings. The summed E-state index contributed by atoms with van der Waals surface area (Å²) < 4.78 is 5.91. The predicted molar refractivity (Wildman–Crippen MR) is 81.4 cm³/mol. The van der Waals surface area contributed by atoms with Gasteiger partial charge in [0.1, 0.15) is 17.4 Å². The number of para-hydroxylation sites is 1. The first-order valence-electron chi connectivity index (χ1n) is 7.08. The molecule has 0 amide bonds. The third-order valence-corrected chi connectivity index (χ3v) is 2.94. The summed E-state index contributed by atoms with van der Waals surface area (Å²) in [6.07, 6.45) is 1.99. The largest absolute Gasteiger partial charge is 0.439 e. The van der Waals surface area contributed by atoms with E-state index in [2.05, 4.69) is 35.2 Å². The predicted octanol–water partition coefficient (Wildman–Crippen LogP) is 3.96. The molecule has 0 aliphatic carbocycles. The molecular weight excluding hydrogens is 250 g/mol. The molecule has 0 saturated carbocycles. The summed E-state index contributed by atoms with van der Waals surface area (Å²) in [6, 6.07) is 9.87. The highest BCUT2D eigenvalue weighted by atomic mass is 16.5. The lowest BCUT2D eigenvalue weighted by molar-refractivity contribution is 0.455. The standard InChI is InChI=1S/C16H21N3O/c1-4-10-17-15-11-16(19-12(3)18-15)20-14-9-7-6-8-13(14)5-2/h6-9,11H,4-5,10H2,1-3H3,(H,17,18,19). The molecule has 1 aromatic heterocycles. The van der Waals surface area contributed by atoms with Gasteiger partial charge in [-0.25, -0.2) is 4.98 Å². The Bertz CT molecular complexity index is 569. The molecule has 0 aliphatic rings. The quantitative estimate of drug-likeness (QED) is 0.863. The van der Waals surface area contributed by atoms with Crippen molar-refractivity contribution in [3.63, 3.8) is 0 Å². The van der Waals surface area contributed by atoms with E-state index < -0.39 is 0 Å². The van der Waals surface area contributed by atoms with Crippen LogP contribution in [-0.4, -0.2) is 16.5 Å². The van der Waals surface area contributed by atoms with E-state index in [0.29, 0.717) is 11.7 Å². The van der Waals surface area contributed by atoms with E-state index in [0.717, 1.165) is 31.0 Å². The fourth-order valence-corrected chi connectivity index (χ4v) is 1.94. The summed E-state index contributed by atoms with van der Waals surface area (Å²) in [7, 11) is 0. The van der Waals surface area contributed by atoms with Gasteiger partial charge < -0.3 is 10.1 Å². The van der Waals surface area contributed by atoms with Crippen LogP contribution in [0.15, 0.2) is 30.3 Å². The average molecular weight is 271 g/mol. The Hall–Kier alpha value is -2.10. The van der Waals surface area contributed by atoms with Crippen molar-refractivity contribution in [2.45, 2.75) is 33.6 Å². The molecule has 0 radical (unpaired) electrons. The van der Waals surface area contributed by atoms with Crippen molar-refractivity contribution in [1.82, 2.24) is 9.97 Å². The second kappa shape index (κ2) is 6.89. The molecule has 0 aliphatic heterocycles. The van der Waals surface area contributed by atoms with Crippen molar-refractivity contribution in [1.29, 1.82) is 0 Å². The van der Waals surface area contributed by atoms with Gasteiger partial charge in [0.15, 0.2) is 0 Å². The fraction of sp³-hybridized carbons (Fsp3) is 0.375. The van der Waals surface area contributed by atoms with Crippen LogP contribution < -0.4 is 10.1 Å². The zero-order valence-electron chi connectivity index (χ0n) is 12.3. The van der Waals surface area contributed by atoms with Crippen LogP contribution in [0.25, 0.3) is 0 Å². The van der Waals surface area contributed by atoms with E-state index in [4.69, 9.17) is 4.74 Å². The van der Waals surface area contributed by atoms with Gasteiger partial charge in [-0.2, -0.15) is 4.98 Å². The lowest BCUT2D eigenvalue weighted by Gasteiger charge is -2.11. The maximum atomic E-state index is 5.91. The SMILES string of the molecule is CCCNc1cc(Oc2ccccc2CC)nc(C)n1. The third kappa shape index (κ3) is 3.70. The Morgan fingerprint density at radius 2 is 1.95 bits per heavy atom. The maximum absolute atomic E-state index is 5.91. The van der Waals surface area contributed by atoms with Crippen LogP contribution in [0.4, 0.5) is 5.82 Å². The molecule has 2 aromatic rings. The van der Waals surface area contributed by atoms with Crippen LogP contribution in [-0.2, 0) is 6.42 Å². The zero-order chi connectivity index (χ0) is 14.4. The van der Waals surface area contributed by atoms with Crippen molar-refractivity contribution < 1.29 is 4.74 Å². The molecule has 4 heteroatoms. The van der Waals surface area contributed by atoms with Crippen LogP contribution in [0.2, 0.25) is 0 Å². The van der Waals surface area contributed by atoms with E-state index in [9.17, 15) is 0 Å². The third-order valence-electron chi connectivity index (χ3n) is 2.94. The molecule has 1 N–H and O–H groups in total. The number of nitrogens with one attached hydrogen (secondary N) is 1. The number of hydrogen-bond acceptors (Lipinski definition) is 4. The van der Waals surface area contributed by atoms with Gasteiger partial charge in [0.05, 0.1) is 0 Å². The Morgan fingerprint density at radius 3 is 2.70 bits per heavy atom. The van der Waals surface area contributed by atoms with E-state index in [1.54, 1.807) is 0 Å². The van der Waals surface area contributed by atoms with Gasteiger partial charge in [0.25, 0.3) is 0 Å². The van der Waals surface area contributed by atoms with Gasteiger partial charge in [0, 0.05) is 12.6 Å². The zero-order valence-corrected chi connectivity index (χ0v) is 12.3. The van der Waals surface area contributed by atoms with Gasteiger partial charge in [-0.05, 0) is 31.4 Å². The molecule has 0 saturated heterocycles. The first kappa shape index (κ1) is 14.3. The van der Waals surface area contributed by atoms with Gasteiger partial charge in [-0.1, -0.05) is 32.0 Å². The molecule has 2 rings (SSSR count). The van der Waals surface area contributed by atoms with Crippen molar-refractivity contribution in [2.75, 3.05) is 11.9 Å². The maximum Gasteiger partial charge on any atom is 0.224 e. The van der Waals surface area contributed by atoms with Gasteiger partial charge in [-0.3, -0.25) is 0 Å². The Kier molecular flexibility index (Phi) is 4.93. The van der Waals surface area contributed by atoms with E-state index in [-0.39, 0.29) is 0 Å². The Labute approximate surface area is 120 Å². The number of hydrogen-bond donors (Lipinski definition) is 1. The van der Waals surface area contributed by atoms with Crippen LogP contribution in [0, 0.1) is 6.92 Å². The number of rotatable bonds is 6.